The topological polar surface area (TPSA) is 83.6 Å². The minimum absolute atomic E-state index is 0.122. The molecular formula is C10H18N2O3S. The Hall–Kier alpha value is -0.750. The number of amides is 1. The zero-order valence-corrected chi connectivity index (χ0v) is 10.6. The van der Waals surface area contributed by atoms with E-state index in [2.05, 4.69) is 0 Å². The molecule has 0 radical (unpaired) electrons. The molecule has 0 bridgehead atoms. The summed E-state index contributed by atoms with van der Waals surface area (Å²) in [6, 6.07) is -0.748. The largest absolute Gasteiger partial charge is 0.480 e. The van der Waals surface area contributed by atoms with Crippen molar-refractivity contribution in [2.45, 2.75) is 44.1 Å². The second kappa shape index (κ2) is 4.63. The van der Waals surface area contributed by atoms with Gasteiger partial charge in [0.25, 0.3) is 0 Å². The molecule has 0 aliphatic carbocycles. The molecular weight excluding hydrogens is 228 g/mol. The summed E-state index contributed by atoms with van der Waals surface area (Å²) in [6.07, 6.45) is 0.492. The van der Waals surface area contributed by atoms with E-state index in [4.69, 9.17) is 10.8 Å². The highest BCUT2D eigenvalue weighted by Crippen LogP contribution is 2.31. The Labute approximate surface area is 99.4 Å². The summed E-state index contributed by atoms with van der Waals surface area (Å²) in [6.45, 7) is 5.29. The highest BCUT2D eigenvalue weighted by molar-refractivity contribution is 8.00. The standard InChI is InChI=1S/C10H18N2O3S/c1-4-10(3,11)9(15)12-6(2)16-5-7(12)8(13)14/h6-7H,4-5,11H2,1-3H3,(H,13,14). The van der Waals surface area contributed by atoms with E-state index >= 15 is 0 Å². The molecule has 1 saturated heterocycles. The van der Waals surface area contributed by atoms with Crippen molar-refractivity contribution in [1.29, 1.82) is 0 Å². The molecule has 3 atom stereocenters. The van der Waals surface area contributed by atoms with Crippen LogP contribution in [0.2, 0.25) is 0 Å². The van der Waals surface area contributed by atoms with Crippen LogP contribution in [-0.4, -0.2) is 44.6 Å². The SMILES string of the molecule is CCC(C)(N)C(=O)N1C(C)SCC1C(=O)O. The summed E-state index contributed by atoms with van der Waals surface area (Å²) in [5.74, 6) is -0.806. The molecule has 6 heteroatoms. The number of nitrogens with zero attached hydrogens (tertiary/aromatic N) is 1. The number of hydrogen-bond donors (Lipinski definition) is 2. The van der Waals surface area contributed by atoms with Crippen LogP contribution in [0, 0.1) is 0 Å². The van der Waals surface area contributed by atoms with E-state index in [1.807, 2.05) is 13.8 Å². The van der Waals surface area contributed by atoms with Crippen LogP contribution in [0.1, 0.15) is 27.2 Å². The van der Waals surface area contributed by atoms with Gasteiger partial charge in [-0.05, 0) is 20.3 Å². The molecule has 0 aromatic rings. The van der Waals surface area contributed by atoms with Gasteiger partial charge in [0.2, 0.25) is 5.91 Å². The third-order valence-corrected chi connectivity index (χ3v) is 4.18. The Bertz CT molecular complexity index is 306. The zero-order chi connectivity index (χ0) is 12.5. The summed E-state index contributed by atoms with van der Waals surface area (Å²) in [7, 11) is 0. The maximum atomic E-state index is 12.1. The number of carboxylic acid groups (broad SMARTS) is 1. The van der Waals surface area contributed by atoms with Gasteiger partial charge in [-0.3, -0.25) is 4.79 Å². The maximum absolute atomic E-state index is 12.1. The van der Waals surface area contributed by atoms with Crippen molar-refractivity contribution in [2.75, 3.05) is 5.75 Å². The van der Waals surface area contributed by atoms with Gasteiger partial charge in [0.1, 0.15) is 6.04 Å². The van der Waals surface area contributed by atoms with Gasteiger partial charge < -0.3 is 15.7 Å². The number of nitrogens with two attached hydrogens (primary N) is 1. The van der Waals surface area contributed by atoms with E-state index in [-0.39, 0.29) is 11.3 Å². The normalized spacial score (nSPS) is 28.9. The van der Waals surface area contributed by atoms with Crippen LogP contribution in [0.15, 0.2) is 0 Å². The van der Waals surface area contributed by atoms with Crippen molar-refractivity contribution < 1.29 is 14.7 Å². The monoisotopic (exact) mass is 246 g/mol. The lowest BCUT2D eigenvalue weighted by atomic mass is 9.97. The second-order valence-electron chi connectivity index (χ2n) is 4.27. The molecule has 0 aromatic carbocycles. The molecule has 3 unspecified atom stereocenters. The molecule has 1 fully saturated rings. The van der Waals surface area contributed by atoms with E-state index in [1.165, 1.54) is 16.7 Å². The van der Waals surface area contributed by atoms with E-state index in [0.29, 0.717) is 12.2 Å². The van der Waals surface area contributed by atoms with Crippen molar-refractivity contribution in [1.82, 2.24) is 4.90 Å². The van der Waals surface area contributed by atoms with Gasteiger partial charge in [-0.25, -0.2) is 4.79 Å². The molecule has 0 saturated carbocycles. The molecule has 5 nitrogen and oxygen atoms in total. The van der Waals surface area contributed by atoms with Crippen LogP contribution < -0.4 is 5.73 Å². The first kappa shape index (κ1) is 13.3. The summed E-state index contributed by atoms with van der Waals surface area (Å²) in [5, 5.41) is 8.92. The van der Waals surface area contributed by atoms with Gasteiger partial charge in [-0.15, -0.1) is 11.8 Å². The lowest BCUT2D eigenvalue weighted by Gasteiger charge is -2.32. The van der Waals surface area contributed by atoms with Gasteiger partial charge in [0.05, 0.1) is 10.9 Å². The van der Waals surface area contributed by atoms with Crippen molar-refractivity contribution >= 4 is 23.6 Å². The van der Waals surface area contributed by atoms with Crippen LogP contribution in [0.25, 0.3) is 0 Å². The summed E-state index contributed by atoms with van der Waals surface area (Å²) >= 11 is 1.47. The Morgan fingerprint density at radius 2 is 2.19 bits per heavy atom. The highest BCUT2D eigenvalue weighted by atomic mass is 32.2. The summed E-state index contributed by atoms with van der Waals surface area (Å²) in [4.78, 5) is 24.6. The van der Waals surface area contributed by atoms with Crippen LogP contribution in [-0.2, 0) is 9.59 Å². The highest BCUT2D eigenvalue weighted by Gasteiger charge is 2.44. The van der Waals surface area contributed by atoms with Crippen LogP contribution in [0.4, 0.5) is 0 Å². The lowest BCUT2D eigenvalue weighted by Crippen LogP contribution is -2.57. The number of carbonyl (C=O) groups excluding carboxylic acids is 1. The first-order valence-electron chi connectivity index (χ1n) is 5.27. The number of carbonyl (C=O) groups is 2. The first-order valence-corrected chi connectivity index (χ1v) is 6.32. The summed E-state index contributed by atoms with van der Waals surface area (Å²) in [5.41, 5.74) is 4.89. The van der Waals surface area contributed by atoms with E-state index in [0.717, 1.165) is 0 Å². The van der Waals surface area contributed by atoms with Crippen molar-refractivity contribution in [3.05, 3.63) is 0 Å². The first-order chi connectivity index (χ1) is 7.31. The number of rotatable bonds is 3. The average Bonchev–Trinajstić information content (AvgIpc) is 2.59. The Morgan fingerprint density at radius 3 is 2.62 bits per heavy atom. The molecule has 1 amide bonds. The van der Waals surface area contributed by atoms with Gasteiger partial charge in [0, 0.05) is 5.75 Å². The van der Waals surface area contributed by atoms with Crippen LogP contribution >= 0.6 is 11.8 Å². The fourth-order valence-corrected chi connectivity index (χ4v) is 2.75. The van der Waals surface area contributed by atoms with Gasteiger partial charge >= 0.3 is 5.97 Å². The predicted molar refractivity (Wildman–Crippen MR) is 63.1 cm³/mol. The number of hydrogen-bond acceptors (Lipinski definition) is 4. The fourth-order valence-electron chi connectivity index (χ4n) is 1.59. The minimum atomic E-state index is -0.979. The van der Waals surface area contributed by atoms with E-state index in [9.17, 15) is 9.59 Å². The van der Waals surface area contributed by atoms with E-state index in [1.54, 1.807) is 6.92 Å². The molecule has 1 aliphatic heterocycles. The average molecular weight is 246 g/mol. The third-order valence-electron chi connectivity index (χ3n) is 2.97. The third kappa shape index (κ3) is 2.32. The molecule has 92 valence electrons. The second-order valence-corrected chi connectivity index (χ2v) is 5.62. The van der Waals surface area contributed by atoms with Crippen molar-refractivity contribution in [3.63, 3.8) is 0 Å². The maximum Gasteiger partial charge on any atom is 0.327 e. The lowest BCUT2D eigenvalue weighted by molar-refractivity contribution is -0.151. The Kier molecular flexibility index (Phi) is 3.85. The molecule has 1 rings (SSSR count). The van der Waals surface area contributed by atoms with Gasteiger partial charge in [-0.2, -0.15) is 0 Å². The van der Waals surface area contributed by atoms with Gasteiger partial charge in [-0.1, -0.05) is 6.92 Å². The molecule has 16 heavy (non-hydrogen) atoms. The minimum Gasteiger partial charge on any atom is -0.480 e. The Morgan fingerprint density at radius 1 is 1.62 bits per heavy atom. The smallest absolute Gasteiger partial charge is 0.327 e. The molecule has 1 heterocycles. The fraction of sp³-hybridized carbons (Fsp3) is 0.800. The molecule has 3 N–H and O–H groups in total. The number of aliphatic carboxylic acids is 1. The van der Waals surface area contributed by atoms with Crippen LogP contribution in [0.3, 0.4) is 0 Å². The summed E-state index contributed by atoms with van der Waals surface area (Å²) < 4.78 is 0. The van der Waals surface area contributed by atoms with Gasteiger partial charge in [0.15, 0.2) is 0 Å². The molecule has 0 aromatic heterocycles. The van der Waals surface area contributed by atoms with Crippen molar-refractivity contribution in [2.24, 2.45) is 5.73 Å². The van der Waals surface area contributed by atoms with E-state index < -0.39 is 17.6 Å². The quantitative estimate of drug-likeness (QED) is 0.757. The number of carboxylic acids is 1. The van der Waals surface area contributed by atoms with Crippen LogP contribution in [0.5, 0.6) is 0 Å². The molecule has 1 aliphatic rings. The molecule has 0 spiro atoms. The van der Waals surface area contributed by atoms with Crippen molar-refractivity contribution in [3.8, 4) is 0 Å². The predicted octanol–water partition coefficient (Wildman–Crippen LogP) is 0.488. The number of thioether (sulfide) groups is 1. The Balaban J connectivity index is 2.92. The zero-order valence-electron chi connectivity index (χ0n) is 9.77.